The zero-order valence-electron chi connectivity index (χ0n) is 27.3. The number of rotatable bonds is 8. The van der Waals surface area contributed by atoms with Gasteiger partial charge in [0.1, 0.15) is 31.2 Å². The standard InChI is InChI=1S/C37H41N7O4/c1-38-21-29-22-43(17-18-44(29)37(45)48-25-27-9-4-3-5-10-27)35-32-15-16-42(34-14-8-12-28-11-6-7-13-31(28)34)24-33(32)39-36(40-35)47-26-30-23-41(2)19-20-46-30/h3-14,29-30H,15-26H2,2H3/t29-,30+/m0/s1. The van der Waals surface area contributed by atoms with Crippen molar-refractivity contribution < 1.29 is 19.0 Å². The predicted molar refractivity (Wildman–Crippen MR) is 184 cm³/mol. The molecule has 0 aliphatic carbocycles. The molecular weight excluding hydrogens is 606 g/mol. The number of benzene rings is 3. The van der Waals surface area contributed by atoms with Crippen molar-refractivity contribution in [1.82, 2.24) is 19.8 Å². The van der Waals surface area contributed by atoms with E-state index in [1.807, 2.05) is 30.3 Å². The second-order valence-corrected chi connectivity index (χ2v) is 12.7. The average molecular weight is 648 g/mol. The zero-order valence-corrected chi connectivity index (χ0v) is 27.3. The van der Waals surface area contributed by atoms with E-state index in [2.05, 4.69) is 69.1 Å². The van der Waals surface area contributed by atoms with Gasteiger partial charge < -0.3 is 33.8 Å². The number of amides is 1. The maximum atomic E-state index is 13.2. The maximum Gasteiger partial charge on any atom is 0.410 e. The van der Waals surface area contributed by atoms with Gasteiger partial charge in [-0.1, -0.05) is 66.7 Å². The van der Waals surface area contributed by atoms with E-state index in [0.29, 0.717) is 45.4 Å². The summed E-state index contributed by atoms with van der Waals surface area (Å²) in [6.45, 7) is 13.6. The molecule has 248 valence electrons. The summed E-state index contributed by atoms with van der Waals surface area (Å²) in [5.74, 6) is 0.821. The second kappa shape index (κ2) is 14.5. The van der Waals surface area contributed by atoms with Crippen LogP contribution in [0.2, 0.25) is 0 Å². The minimum absolute atomic E-state index is 0.0625. The van der Waals surface area contributed by atoms with Crippen LogP contribution in [0.1, 0.15) is 16.8 Å². The van der Waals surface area contributed by atoms with Crippen LogP contribution in [0.3, 0.4) is 0 Å². The zero-order chi connectivity index (χ0) is 32.9. The third-order valence-corrected chi connectivity index (χ3v) is 9.39. The molecule has 0 radical (unpaired) electrons. The molecule has 2 atom stereocenters. The first kappa shape index (κ1) is 31.7. The Hall–Kier alpha value is -4.92. The van der Waals surface area contributed by atoms with Gasteiger partial charge in [0.25, 0.3) is 0 Å². The Morgan fingerprint density at radius 3 is 2.65 bits per heavy atom. The highest BCUT2D eigenvalue weighted by Gasteiger charge is 2.36. The summed E-state index contributed by atoms with van der Waals surface area (Å²) < 4.78 is 17.9. The van der Waals surface area contributed by atoms with E-state index in [0.717, 1.165) is 48.7 Å². The Bertz CT molecular complexity index is 1780. The van der Waals surface area contributed by atoms with Crippen molar-refractivity contribution in [3.05, 3.63) is 101 Å². The van der Waals surface area contributed by atoms with Crippen LogP contribution in [0.25, 0.3) is 15.6 Å². The van der Waals surface area contributed by atoms with Crippen molar-refractivity contribution in [2.24, 2.45) is 0 Å². The van der Waals surface area contributed by atoms with Crippen molar-refractivity contribution in [3.8, 4) is 6.01 Å². The number of aromatic nitrogens is 2. The number of anilines is 2. The molecule has 7 rings (SSSR count). The monoisotopic (exact) mass is 647 g/mol. The van der Waals surface area contributed by atoms with Crippen molar-refractivity contribution in [1.29, 1.82) is 0 Å². The summed E-state index contributed by atoms with van der Waals surface area (Å²) in [6, 6.07) is 24.5. The SMILES string of the molecule is [C-]#[N+]C[C@H]1CN(c2nc(OC[C@H]3CN(C)CCO3)nc3c2CCN(c2cccc4ccccc24)C3)CCN1C(=O)OCc1ccccc1. The second-order valence-electron chi connectivity index (χ2n) is 12.7. The number of likely N-dealkylation sites (N-methyl/N-ethyl adjacent to an activating group) is 1. The third kappa shape index (κ3) is 7.00. The number of nitrogens with zero attached hydrogens (tertiary/aromatic N) is 7. The molecule has 11 heteroatoms. The molecular formula is C37H41N7O4. The number of fused-ring (bicyclic) bond motifs is 2. The topological polar surface area (TPSA) is 87.9 Å². The average Bonchev–Trinajstić information content (AvgIpc) is 3.13. The molecule has 0 N–H and O–H groups in total. The molecule has 0 bridgehead atoms. The molecule has 3 aliphatic rings. The van der Waals surface area contributed by atoms with Gasteiger partial charge in [-0.2, -0.15) is 9.97 Å². The molecule has 48 heavy (non-hydrogen) atoms. The fourth-order valence-electron chi connectivity index (χ4n) is 6.89. The molecule has 4 aromatic rings. The first-order chi connectivity index (χ1) is 23.6. The molecule has 0 saturated carbocycles. The summed E-state index contributed by atoms with van der Waals surface area (Å²) in [5.41, 5.74) is 4.13. The van der Waals surface area contributed by atoms with Crippen molar-refractivity contribution in [2.45, 2.75) is 31.7 Å². The van der Waals surface area contributed by atoms with Crippen molar-refractivity contribution >= 4 is 28.4 Å². The van der Waals surface area contributed by atoms with Crippen LogP contribution >= 0.6 is 0 Å². The van der Waals surface area contributed by atoms with Crippen molar-refractivity contribution in [3.63, 3.8) is 0 Å². The van der Waals surface area contributed by atoms with Gasteiger partial charge in [0, 0.05) is 55.9 Å². The third-order valence-electron chi connectivity index (χ3n) is 9.39. The summed E-state index contributed by atoms with van der Waals surface area (Å²) in [7, 11) is 2.08. The minimum Gasteiger partial charge on any atom is -0.461 e. The van der Waals surface area contributed by atoms with E-state index in [1.54, 1.807) is 4.90 Å². The number of morpholine rings is 1. The summed E-state index contributed by atoms with van der Waals surface area (Å²) in [6.07, 6.45) is 0.300. The molecule has 11 nitrogen and oxygen atoms in total. The quantitative estimate of drug-likeness (QED) is 0.254. The van der Waals surface area contributed by atoms with E-state index in [-0.39, 0.29) is 25.3 Å². The largest absolute Gasteiger partial charge is 0.461 e. The number of carbonyl (C=O) groups excluding carboxylic acids is 1. The highest BCUT2D eigenvalue weighted by molar-refractivity contribution is 5.94. The lowest BCUT2D eigenvalue weighted by Crippen LogP contribution is -2.57. The molecule has 3 aromatic carbocycles. The number of ether oxygens (including phenoxy) is 3. The Morgan fingerprint density at radius 1 is 0.958 bits per heavy atom. The molecule has 4 heterocycles. The molecule has 1 aromatic heterocycles. The summed E-state index contributed by atoms with van der Waals surface area (Å²) in [4.78, 5) is 35.4. The van der Waals surface area contributed by atoms with Crippen LogP contribution in [0.5, 0.6) is 6.01 Å². The Labute approximate surface area is 281 Å². The van der Waals surface area contributed by atoms with Gasteiger partial charge in [-0.15, -0.1) is 0 Å². The number of carbonyl (C=O) groups is 1. The summed E-state index contributed by atoms with van der Waals surface area (Å²) >= 11 is 0. The van der Waals surface area contributed by atoms with Gasteiger partial charge in [0.2, 0.25) is 6.54 Å². The molecule has 0 spiro atoms. The molecule has 1 amide bonds. The van der Waals surface area contributed by atoms with Crippen LogP contribution < -0.4 is 14.5 Å². The van der Waals surface area contributed by atoms with Gasteiger partial charge in [0.15, 0.2) is 0 Å². The van der Waals surface area contributed by atoms with E-state index in [4.69, 9.17) is 30.8 Å². The highest BCUT2D eigenvalue weighted by atomic mass is 16.6. The lowest BCUT2D eigenvalue weighted by Gasteiger charge is -2.40. The van der Waals surface area contributed by atoms with Gasteiger partial charge >= 0.3 is 12.1 Å². The fourth-order valence-corrected chi connectivity index (χ4v) is 6.89. The molecule has 3 aliphatic heterocycles. The van der Waals surface area contributed by atoms with Gasteiger partial charge in [-0.3, -0.25) is 4.90 Å². The molecule has 2 saturated heterocycles. The van der Waals surface area contributed by atoms with E-state index in [1.165, 1.54) is 16.5 Å². The van der Waals surface area contributed by atoms with Crippen LogP contribution in [-0.2, 0) is 29.0 Å². The fraction of sp³-hybridized carbons (Fsp3) is 0.405. The number of hydrogen-bond donors (Lipinski definition) is 0. The van der Waals surface area contributed by atoms with Crippen LogP contribution in [0, 0.1) is 6.57 Å². The first-order valence-electron chi connectivity index (χ1n) is 16.7. The Morgan fingerprint density at radius 2 is 1.79 bits per heavy atom. The van der Waals surface area contributed by atoms with Crippen LogP contribution in [-0.4, -0.2) is 104 Å². The van der Waals surface area contributed by atoms with Crippen LogP contribution in [0.4, 0.5) is 16.3 Å². The Kier molecular flexibility index (Phi) is 9.54. The first-order valence-corrected chi connectivity index (χ1v) is 16.7. The van der Waals surface area contributed by atoms with Gasteiger partial charge in [0.05, 0.1) is 18.8 Å². The minimum atomic E-state index is -0.399. The lowest BCUT2D eigenvalue weighted by molar-refractivity contribution is -0.0417. The number of hydrogen-bond acceptors (Lipinski definition) is 9. The van der Waals surface area contributed by atoms with E-state index < -0.39 is 6.09 Å². The predicted octanol–water partition coefficient (Wildman–Crippen LogP) is 4.65. The van der Waals surface area contributed by atoms with Crippen molar-refractivity contribution in [2.75, 3.05) is 75.9 Å². The van der Waals surface area contributed by atoms with Crippen LogP contribution in [0.15, 0.2) is 72.8 Å². The Balaban J connectivity index is 1.14. The summed E-state index contributed by atoms with van der Waals surface area (Å²) in [5, 5.41) is 2.42. The molecule has 0 unspecified atom stereocenters. The van der Waals surface area contributed by atoms with Gasteiger partial charge in [-0.05, 0) is 30.5 Å². The van der Waals surface area contributed by atoms with E-state index >= 15 is 0 Å². The molecule has 2 fully saturated rings. The normalized spacial score (nSPS) is 19.9. The highest BCUT2D eigenvalue weighted by Crippen LogP contribution is 2.35. The smallest absolute Gasteiger partial charge is 0.410 e. The maximum absolute atomic E-state index is 13.2. The van der Waals surface area contributed by atoms with Gasteiger partial charge in [-0.25, -0.2) is 11.4 Å². The lowest BCUT2D eigenvalue weighted by atomic mass is 10.0. The van der Waals surface area contributed by atoms with E-state index in [9.17, 15) is 4.79 Å². The number of piperazine rings is 1.